The van der Waals surface area contributed by atoms with Crippen molar-refractivity contribution < 1.29 is 13.3 Å². The first-order valence-electron chi connectivity index (χ1n) is 6.88. The maximum absolute atomic E-state index is 12.5. The second kappa shape index (κ2) is 5.98. The Balaban J connectivity index is 2.40. The molecule has 0 radical (unpaired) electrons. The Morgan fingerprint density at radius 3 is 2.62 bits per heavy atom. The van der Waals surface area contributed by atoms with Crippen LogP contribution >= 0.6 is 0 Å². The minimum absolute atomic E-state index is 0.0347. The summed E-state index contributed by atoms with van der Waals surface area (Å²) in [7, 11) is -2.35. The van der Waals surface area contributed by atoms with Crippen molar-refractivity contribution in [2.24, 2.45) is 0 Å². The standard InChI is InChI=1S/C13H19N3O4S/c1-3-8-14-10-4-7-13(12(9-10)16(17)18)21(19,20)15(2)11-5-6-11/h4,7,9,11,14H,3,5-6,8H2,1-2H3. The van der Waals surface area contributed by atoms with Gasteiger partial charge in [-0.15, -0.1) is 0 Å². The summed E-state index contributed by atoms with van der Waals surface area (Å²) in [6, 6.07) is 4.12. The number of nitro groups is 1. The average Bonchev–Trinajstić information content (AvgIpc) is 3.28. The lowest BCUT2D eigenvalue weighted by Gasteiger charge is -2.16. The van der Waals surface area contributed by atoms with Gasteiger partial charge >= 0.3 is 0 Å². The highest BCUT2D eigenvalue weighted by Crippen LogP contribution is 2.34. The fourth-order valence-corrected chi connectivity index (χ4v) is 3.60. The molecule has 8 heteroatoms. The summed E-state index contributed by atoms with van der Waals surface area (Å²) < 4.78 is 26.2. The van der Waals surface area contributed by atoms with Crippen molar-refractivity contribution in [3.05, 3.63) is 28.3 Å². The van der Waals surface area contributed by atoms with Gasteiger partial charge in [-0.05, 0) is 31.4 Å². The SMILES string of the molecule is CCCNc1ccc(S(=O)(=O)N(C)C2CC2)c([N+](=O)[O-])c1. The van der Waals surface area contributed by atoms with E-state index in [2.05, 4.69) is 5.32 Å². The molecule has 1 aliphatic carbocycles. The van der Waals surface area contributed by atoms with Crippen LogP contribution in [0.1, 0.15) is 26.2 Å². The molecule has 1 aliphatic rings. The van der Waals surface area contributed by atoms with Crippen molar-refractivity contribution in [1.29, 1.82) is 0 Å². The molecular formula is C13H19N3O4S. The van der Waals surface area contributed by atoms with Gasteiger partial charge in [0, 0.05) is 31.4 Å². The normalized spacial score (nSPS) is 15.2. The molecule has 0 aliphatic heterocycles. The van der Waals surface area contributed by atoms with Crippen molar-refractivity contribution >= 4 is 21.4 Å². The molecule has 1 fully saturated rings. The number of benzene rings is 1. The molecule has 21 heavy (non-hydrogen) atoms. The third-order valence-corrected chi connectivity index (χ3v) is 5.41. The smallest absolute Gasteiger partial charge is 0.291 e. The van der Waals surface area contributed by atoms with Gasteiger partial charge < -0.3 is 5.32 Å². The molecule has 0 amide bonds. The lowest BCUT2D eigenvalue weighted by atomic mass is 10.2. The van der Waals surface area contributed by atoms with Crippen molar-refractivity contribution in [3.8, 4) is 0 Å². The van der Waals surface area contributed by atoms with Gasteiger partial charge in [0.2, 0.25) is 10.0 Å². The highest BCUT2D eigenvalue weighted by molar-refractivity contribution is 7.89. The fourth-order valence-electron chi connectivity index (χ4n) is 2.05. The largest absolute Gasteiger partial charge is 0.385 e. The minimum atomic E-state index is -3.82. The van der Waals surface area contributed by atoms with Crippen LogP contribution in [0.3, 0.4) is 0 Å². The highest BCUT2D eigenvalue weighted by atomic mass is 32.2. The molecule has 1 N–H and O–H groups in total. The van der Waals surface area contributed by atoms with Gasteiger partial charge in [-0.2, -0.15) is 4.31 Å². The Morgan fingerprint density at radius 2 is 2.10 bits per heavy atom. The van der Waals surface area contributed by atoms with E-state index in [1.807, 2.05) is 6.92 Å². The molecule has 1 aromatic carbocycles. The van der Waals surface area contributed by atoms with Crippen molar-refractivity contribution in [1.82, 2.24) is 4.31 Å². The molecule has 0 spiro atoms. The Bertz CT molecular complexity index is 641. The number of hydrogen-bond donors (Lipinski definition) is 1. The second-order valence-corrected chi connectivity index (χ2v) is 7.08. The van der Waals surface area contributed by atoms with E-state index in [1.165, 1.54) is 23.5 Å². The van der Waals surface area contributed by atoms with Gasteiger partial charge in [-0.3, -0.25) is 10.1 Å². The second-order valence-electron chi connectivity index (χ2n) is 5.12. The summed E-state index contributed by atoms with van der Waals surface area (Å²) in [6.07, 6.45) is 2.48. The number of anilines is 1. The molecule has 0 atom stereocenters. The van der Waals surface area contributed by atoms with Crippen LogP contribution in [-0.4, -0.2) is 37.3 Å². The first-order valence-corrected chi connectivity index (χ1v) is 8.32. The zero-order chi connectivity index (χ0) is 15.6. The van der Waals surface area contributed by atoms with E-state index in [1.54, 1.807) is 6.07 Å². The maximum atomic E-state index is 12.5. The average molecular weight is 313 g/mol. The van der Waals surface area contributed by atoms with Crippen molar-refractivity contribution in [3.63, 3.8) is 0 Å². The Labute approximate surface area is 124 Å². The summed E-state index contributed by atoms with van der Waals surface area (Å²) in [5, 5.41) is 14.2. The minimum Gasteiger partial charge on any atom is -0.385 e. The number of hydrogen-bond acceptors (Lipinski definition) is 5. The van der Waals surface area contributed by atoms with Gasteiger partial charge in [0.15, 0.2) is 4.90 Å². The molecule has 0 aromatic heterocycles. The topological polar surface area (TPSA) is 92.6 Å². The number of nitro benzene ring substituents is 1. The van der Waals surface area contributed by atoms with Crippen LogP contribution < -0.4 is 5.32 Å². The fraction of sp³-hybridized carbons (Fsp3) is 0.538. The molecule has 1 aromatic rings. The third kappa shape index (κ3) is 3.33. The zero-order valence-corrected chi connectivity index (χ0v) is 12.9. The molecule has 0 unspecified atom stereocenters. The first kappa shape index (κ1) is 15.7. The molecule has 0 heterocycles. The Hall–Kier alpha value is -1.67. The van der Waals surface area contributed by atoms with E-state index in [4.69, 9.17) is 0 Å². The van der Waals surface area contributed by atoms with Gasteiger partial charge in [0.25, 0.3) is 5.69 Å². The number of nitrogens with one attached hydrogen (secondary N) is 1. The lowest BCUT2D eigenvalue weighted by Crippen LogP contribution is -2.29. The van der Waals surface area contributed by atoms with Gasteiger partial charge in [0.1, 0.15) is 0 Å². The maximum Gasteiger partial charge on any atom is 0.291 e. The Kier molecular flexibility index (Phi) is 4.48. The lowest BCUT2D eigenvalue weighted by molar-refractivity contribution is -0.387. The van der Waals surface area contributed by atoms with Crippen LogP contribution in [0.5, 0.6) is 0 Å². The van der Waals surface area contributed by atoms with Gasteiger partial charge in [-0.25, -0.2) is 8.42 Å². The zero-order valence-electron chi connectivity index (χ0n) is 12.1. The van der Waals surface area contributed by atoms with Crippen LogP contribution in [0.4, 0.5) is 11.4 Å². The Morgan fingerprint density at radius 1 is 1.43 bits per heavy atom. The molecule has 1 saturated carbocycles. The molecule has 2 rings (SSSR count). The summed E-state index contributed by atoms with van der Waals surface area (Å²) in [4.78, 5) is 10.3. The summed E-state index contributed by atoms with van der Waals surface area (Å²) in [5.74, 6) is 0. The molecule has 7 nitrogen and oxygen atoms in total. The number of rotatable bonds is 7. The predicted octanol–water partition coefficient (Wildman–Crippen LogP) is 2.20. The van der Waals surface area contributed by atoms with E-state index >= 15 is 0 Å². The van der Waals surface area contributed by atoms with Crippen LogP contribution in [-0.2, 0) is 10.0 Å². The first-order chi connectivity index (χ1) is 9.87. The van der Waals surface area contributed by atoms with E-state index < -0.39 is 14.9 Å². The summed E-state index contributed by atoms with van der Waals surface area (Å²) >= 11 is 0. The van der Waals surface area contributed by atoms with Crippen LogP contribution in [0.15, 0.2) is 23.1 Å². The van der Waals surface area contributed by atoms with E-state index in [9.17, 15) is 18.5 Å². The number of sulfonamides is 1. The highest BCUT2D eigenvalue weighted by Gasteiger charge is 2.38. The van der Waals surface area contributed by atoms with Gasteiger partial charge in [0.05, 0.1) is 4.92 Å². The quantitative estimate of drug-likeness (QED) is 0.615. The summed E-state index contributed by atoms with van der Waals surface area (Å²) in [6.45, 7) is 2.65. The van der Waals surface area contributed by atoms with Crippen LogP contribution in [0.2, 0.25) is 0 Å². The van der Waals surface area contributed by atoms with E-state index in [0.29, 0.717) is 12.2 Å². The van der Waals surface area contributed by atoms with E-state index in [-0.39, 0.29) is 16.6 Å². The number of nitrogens with zero attached hydrogens (tertiary/aromatic N) is 2. The van der Waals surface area contributed by atoms with Crippen LogP contribution in [0, 0.1) is 10.1 Å². The van der Waals surface area contributed by atoms with Crippen molar-refractivity contribution in [2.75, 3.05) is 18.9 Å². The van der Waals surface area contributed by atoms with Crippen LogP contribution in [0.25, 0.3) is 0 Å². The predicted molar refractivity (Wildman–Crippen MR) is 79.8 cm³/mol. The monoisotopic (exact) mass is 313 g/mol. The molecular weight excluding hydrogens is 294 g/mol. The molecule has 0 bridgehead atoms. The van der Waals surface area contributed by atoms with Gasteiger partial charge in [-0.1, -0.05) is 6.92 Å². The van der Waals surface area contributed by atoms with Crippen molar-refractivity contribution in [2.45, 2.75) is 37.1 Å². The van der Waals surface area contributed by atoms with E-state index in [0.717, 1.165) is 19.3 Å². The molecule has 0 saturated heterocycles. The third-order valence-electron chi connectivity index (χ3n) is 3.45. The molecule has 116 valence electrons. The summed E-state index contributed by atoms with van der Waals surface area (Å²) in [5.41, 5.74) is 0.167.